The Morgan fingerprint density at radius 2 is 1.71 bits per heavy atom. The highest BCUT2D eigenvalue weighted by molar-refractivity contribution is 7.09. The van der Waals surface area contributed by atoms with Crippen molar-refractivity contribution in [3.8, 4) is 0 Å². The lowest BCUT2D eigenvalue weighted by Crippen LogP contribution is -2.31. The van der Waals surface area contributed by atoms with Crippen LogP contribution in [0.1, 0.15) is 52.4 Å². The van der Waals surface area contributed by atoms with Gasteiger partial charge in [0.15, 0.2) is 0 Å². The minimum atomic E-state index is 0.00449. The molecule has 1 N–H and O–H groups in total. The summed E-state index contributed by atoms with van der Waals surface area (Å²) in [6.45, 7) is 10.8. The van der Waals surface area contributed by atoms with Gasteiger partial charge in [-0.1, -0.05) is 51.1 Å². The summed E-state index contributed by atoms with van der Waals surface area (Å²) in [5, 5.41) is 4.44. The van der Waals surface area contributed by atoms with E-state index in [-0.39, 0.29) is 11.0 Å². The zero-order valence-corrected chi connectivity index (χ0v) is 14.4. The van der Waals surface area contributed by atoms with Gasteiger partial charge in [0.25, 0.3) is 0 Å². The zero-order chi connectivity index (χ0) is 15.5. The molecule has 0 aliphatic carbocycles. The fraction of sp³-hybridized carbons (Fsp3) is 0.529. The summed E-state index contributed by atoms with van der Waals surface area (Å²) in [5.74, 6) is 0.911. The fourth-order valence-electron chi connectivity index (χ4n) is 2.03. The SMILES string of the molecule is CC(C)(CCc1ccccc1)Nc1nc(C(C)(C)C)ns1. The second-order valence-corrected chi connectivity index (χ2v) is 7.92. The Morgan fingerprint density at radius 3 is 2.29 bits per heavy atom. The van der Waals surface area contributed by atoms with E-state index in [9.17, 15) is 0 Å². The molecule has 1 heterocycles. The van der Waals surface area contributed by atoms with Crippen LogP contribution in [0, 0.1) is 0 Å². The van der Waals surface area contributed by atoms with Crippen molar-refractivity contribution in [1.29, 1.82) is 0 Å². The highest BCUT2D eigenvalue weighted by atomic mass is 32.1. The van der Waals surface area contributed by atoms with Crippen molar-refractivity contribution in [3.05, 3.63) is 41.7 Å². The molecule has 0 spiro atoms. The van der Waals surface area contributed by atoms with Crippen molar-refractivity contribution in [1.82, 2.24) is 9.36 Å². The average Bonchev–Trinajstić information content (AvgIpc) is 2.85. The first-order chi connectivity index (χ1) is 9.76. The quantitative estimate of drug-likeness (QED) is 0.873. The molecule has 4 heteroatoms. The molecule has 0 aliphatic rings. The van der Waals surface area contributed by atoms with Crippen molar-refractivity contribution >= 4 is 16.7 Å². The highest BCUT2D eigenvalue weighted by Gasteiger charge is 2.23. The lowest BCUT2D eigenvalue weighted by Gasteiger charge is -2.25. The number of nitrogens with zero attached hydrogens (tertiary/aromatic N) is 2. The summed E-state index contributed by atoms with van der Waals surface area (Å²) in [6.07, 6.45) is 2.12. The summed E-state index contributed by atoms with van der Waals surface area (Å²) < 4.78 is 4.46. The number of anilines is 1. The predicted molar refractivity (Wildman–Crippen MR) is 91.1 cm³/mol. The van der Waals surface area contributed by atoms with E-state index in [1.807, 2.05) is 0 Å². The Bertz CT molecular complexity index is 567. The molecule has 0 unspecified atom stereocenters. The van der Waals surface area contributed by atoms with Crippen molar-refractivity contribution in [2.75, 3.05) is 5.32 Å². The maximum Gasteiger partial charge on any atom is 0.203 e. The third-order valence-corrected chi connectivity index (χ3v) is 4.05. The van der Waals surface area contributed by atoms with Crippen LogP contribution >= 0.6 is 11.5 Å². The van der Waals surface area contributed by atoms with E-state index in [0.717, 1.165) is 23.8 Å². The molecular weight excluding hydrogens is 278 g/mol. The Labute approximate surface area is 132 Å². The lowest BCUT2D eigenvalue weighted by molar-refractivity contribution is 0.515. The molecule has 3 nitrogen and oxygen atoms in total. The molecule has 21 heavy (non-hydrogen) atoms. The third kappa shape index (κ3) is 4.81. The van der Waals surface area contributed by atoms with Crippen LogP contribution in [0.4, 0.5) is 5.13 Å². The van der Waals surface area contributed by atoms with Gasteiger partial charge in [-0.05, 0) is 32.3 Å². The summed E-state index contributed by atoms with van der Waals surface area (Å²) in [4.78, 5) is 4.62. The Balaban J connectivity index is 1.96. The van der Waals surface area contributed by atoms with E-state index >= 15 is 0 Å². The zero-order valence-electron chi connectivity index (χ0n) is 13.6. The van der Waals surface area contributed by atoms with Crippen LogP contribution in [0.5, 0.6) is 0 Å². The van der Waals surface area contributed by atoms with Gasteiger partial charge in [0.2, 0.25) is 5.13 Å². The van der Waals surface area contributed by atoms with Crippen LogP contribution in [-0.4, -0.2) is 14.9 Å². The summed E-state index contributed by atoms with van der Waals surface area (Å²) in [6, 6.07) is 10.6. The maximum absolute atomic E-state index is 4.62. The molecule has 0 amide bonds. The summed E-state index contributed by atoms with van der Waals surface area (Å²) in [7, 11) is 0. The van der Waals surface area contributed by atoms with E-state index in [0.29, 0.717) is 0 Å². The standard InChI is InChI=1S/C17H25N3S/c1-16(2,3)14-18-15(21-20-14)19-17(4,5)12-11-13-9-7-6-8-10-13/h6-10H,11-12H2,1-5H3,(H,18,19,20). The van der Waals surface area contributed by atoms with Crippen molar-refractivity contribution < 1.29 is 0 Å². The Morgan fingerprint density at radius 1 is 1.05 bits per heavy atom. The lowest BCUT2D eigenvalue weighted by atomic mass is 9.95. The van der Waals surface area contributed by atoms with Crippen LogP contribution in [0.3, 0.4) is 0 Å². The molecular formula is C17H25N3S. The molecule has 0 saturated carbocycles. The van der Waals surface area contributed by atoms with Gasteiger partial charge >= 0.3 is 0 Å². The highest BCUT2D eigenvalue weighted by Crippen LogP contribution is 2.26. The van der Waals surface area contributed by atoms with Crippen LogP contribution in [0.2, 0.25) is 0 Å². The predicted octanol–water partition coefficient (Wildman–Crippen LogP) is 4.66. The maximum atomic E-state index is 4.62. The second-order valence-electron chi connectivity index (χ2n) is 7.17. The molecule has 0 aliphatic heterocycles. The van der Waals surface area contributed by atoms with Gasteiger partial charge in [-0.15, -0.1) is 0 Å². The van der Waals surface area contributed by atoms with E-state index in [1.165, 1.54) is 17.1 Å². The van der Waals surface area contributed by atoms with Crippen LogP contribution in [0.15, 0.2) is 30.3 Å². The molecule has 114 valence electrons. The molecule has 1 aromatic carbocycles. The van der Waals surface area contributed by atoms with Gasteiger partial charge in [0.05, 0.1) is 0 Å². The van der Waals surface area contributed by atoms with Crippen LogP contribution < -0.4 is 5.32 Å². The monoisotopic (exact) mass is 303 g/mol. The average molecular weight is 303 g/mol. The largest absolute Gasteiger partial charge is 0.355 e. The molecule has 0 radical (unpaired) electrons. The van der Waals surface area contributed by atoms with Crippen molar-refractivity contribution in [2.24, 2.45) is 0 Å². The van der Waals surface area contributed by atoms with Gasteiger partial charge in [-0.2, -0.15) is 4.37 Å². The minimum absolute atomic E-state index is 0.00449. The fourth-order valence-corrected chi connectivity index (χ4v) is 2.97. The van der Waals surface area contributed by atoms with Crippen LogP contribution in [0.25, 0.3) is 0 Å². The molecule has 2 aromatic rings. The first-order valence-electron chi connectivity index (χ1n) is 7.43. The number of aromatic nitrogens is 2. The summed E-state index contributed by atoms with van der Waals surface area (Å²) >= 11 is 1.45. The topological polar surface area (TPSA) is 37.8 Å². The molecule has 0 atom stereocenters. The number of benzene rings is 1. The van der Waals surface area contributed by atoms with Crippen molar-refractivity contribution in [3.63, 3.8) is 0 Å². The first kappa shape index (κ1) is 16.0. The molecule has 1 aromatic heterocycles. The van der Waals surface area contributed by atoms with E-state index in [1.54, 1.807) is 0 Å². The molecule has 0 bridgehead atoms. The van der Waals surface area contributed by atoms with Gasteiger partial charge in [0, 0.05) is 22.5 Å². The third-order valence-electron chi connectivity index (χ3n) is 3.42. The molecule has 0 fully saturated rings. The Hall–Kier alpha value is -1.42. The molecule has 2 rings (SSSR count). The van der Waals surface area contributed by atoms with E-state index < -0.39 is 0 Å². The van der Waals surface area contributed by atoms with Gasteiger partial charge < -0.3 is 5.32 Å². The molecule has 0 saturated heterocycles. The van der Waals surface area contributed by atoms with Crippen molar-refractivity contribution in [2.45, 2.75) is 58.4 Å². The van der Waals surface area contributed by atoms with E-state index in [4.69, 9.17) is 0 Å². The number of nitrogens with one attached hydrogen (secondary N) is 1. The number of hydrogen-bond donors (Lipinski definition) is 1. The van der Waals surface area contributed by atoms with Crippen LogP contribution in [-0.2, 0) is 11.8 Å². The summed E-state index contributed by atoms with van der Waals surface area (Å²) in [5.41, 5.74) is 1.38. The normalized spacial score (nSPS) is 12.4. The van der Waals surface area contributed by atoms with E-state index in [2.05, 4.69) is 79.6 Å². The Kier molecular flexibility index (Phi) is 4.67. The van der Waals surface area contributed by atoms with Gasteiger partial charge in [-0.3, -0.25) is 0 Å². The number of aryl methyl sites for hydroxylation is 1. The number of hydrogen-bond acceptors (Lipinski definition) is 4. The second kappa shape index (κ2) is 6.14. The minimum Gasteiger partial charge on any atom is -0.355 e. The first-order valence-corrected chi connectivity index (χ1v) is 8.20. The van der Waals surface area contributed by atoms with Gasteiger partial charge in [0.1, 0.15) is 5.82 Å². The smallest absolute Gasteiger partial charge is 0.203 e. The number of rotatable bonds is 5. The van der Waals surface area contributed by atoms with Gasteiger partial charge in [-0.25, -0.2) is 4.98 Å².